The molecule has 2 nitrogen and oxygen atoms in total. The molecule has 0 aliphatic carbocycles. The minimum Gasteiger partial charge on any atom is -0.313 e. The molecule has 1 saturated heterocycles. The molecular weight excluding hydrogens is 172 g/mol. The summed E-state index contributed by atoms with van der Waals surface area (Å²) in [6.45, 7) is 5.72. The van der Waals surface area contributed by atoms with Crippen molar-refractivity contribution in [3.05, 3.63) is 0 Å². The number of hydrogen-bond donors (Lipinski definition) is 1. The van der Waals surface area contributed by atoms with Gasteiger partial charge in [-0.25, -0.2) is 0 Å². The second-order valence-corrected chi connectivity index (χ2v) is 4.36. The van der Waals surface area contributed by atoms with Crippen molar-refractivity contribution in [3.8, 4) is 12.3 Å². The van der Waals surface area contributed by atoms with E-state index in [2.05, 4.69) is 30.1 Å². The predicted octanol–water partition coefficient (Wildman–Crippen LogP) is 1.33. The summed E-state index contributed by atoms with van der Waals surface area (Å²) < 4.78 is 0. The van der Waals surface area contributed by atoms with E-state index in [0.29, 0.717) is 6.04 Å². The highest BCUT2D eigenvalue weighted by Crippen LogP contribution is 2.18. The van der Waals surface area contributed by atoms with E-state index < -0.39 is 0 Å². The second-order valence-electron chi connectivity index (χ2n) is 4.36. The summed E-state index contributed by atoms with van der Waals surface area (Å²) in [7, 11) is 2.21. The van der Waals surface area contributed by atoms with Gasteiger partial charge < -0.3 is 10.2 Å². The molecule has 2 unspecified atom stereocenters. The normalized spacial score (nSPS) is 25.6. The Balaban J connectivity index is 2.22. The number of hydrogen-bond acceptors (Lipinski definition) is 2. The molecule has 0 aromatic rings. The number of nitrogens with zero attached hydrogens (tertiary/aromatic N) is 1. The fourth-order valence-electron chi connectivity index (χ4n) is 2.15. The first-order chi connectivity index (χ1) is 6.74. The molecule has 1 aliphatic rings. The van der Waals surface area contributed by atoms with Gasteiger partial charge in [0.1, 0.15) is 0 Å². The van der Waals surface area contributed by atoms with Crippen LogP contribution in [-0.2, 0) is 0 Å². The molecule has 0 aromatic carbocycles. The Morgan fingerprint density at radius 2 is 2.43 bits per heavy atom. The van der Waals surface area contributed by atoms with Crippen molar-refractivity contribution in [2.75, 3.05) is 26.7 Å². The molecule has 14 heavy (non-hydrogen) atoms. The molecule has 2 heteroatoms. The minimum atomic E-state index is 0.603. The van der Waals surface area contributed by atoms with Crippen LogP contribution in [0.2, 0.25) is 0 Å². The maximum Gasteiger partial charge on any atom is 0.0211 e. The van der Waals surface area contributed by atoms with Gasteiger partial charge in [0.05, 0.1) is 0 Å². The molecule has 0 aromatic heterocycles. The Hall–Kier alpha value is -0.520. The van der Waals surface area contributed by atoms with E-state index in [9.17, 15) is 0 Å². The molecule has 1 rings (SSSR count). The first-order valence-electron chi connectivity index (χ1n) is 5.59. The van der Waals surface area contributed by atoms with Crippen molar-refractivity contribution < 1.29 is 0 Å². The van der Waals surface area contributed by atoms with Crippen molar-refractivity contribution in [3.63, 3.8) is 0 Å². The summed E-state index contributed by atoms with van der Waals surface area (Å²) in [5, 5.41) is 3.50. The van der Waals surface area contributed by atoms with Crippen LogP contribution in [0.3, 0.4) is 0 Å². The van der Waals surface area contributed by atoms with E-state index in [-0.39, 0.29) is 0 Å². The van der Waals surface area contributed by atoms with Gasteiger partial charge >= 0.3 is 0 Å². The van der Waals surface area contributed by atoms with Gasteiger partial charge in [-0.1, -0.05) is 0 Å². The standard InChI is InChI=1S/C12H22N2/c1-4-5-8-13-11(2)12-7-6-9-14(3)10-12/h1,11-13H,5-10H2,2-3H3. The lowest BCUT2D eigenvalue weighted by atomic mass is 9.92. The fourth-order valence-corrected chi connectivity index (χ4v) is 2.15. The maximum absolute atomic E-state index is 5.22. The van der Waals surface area contributed by atoms with Gasteiger partial charge in [-0.3, -0.25) is 0 Å². The van der Waals surface area contributed by atoms with Gasteiger partial charge in [0.25, 0.3) is 0 Å². The van der Waals surface area contributed by atoms with E-state index in [0.717, 1.165) is 18.9 Å². The Morgan fingerprint density at radius 1 is 1.64 bits per heavy atom. The predicted molar refractivity (Wildman–Crippen MR) is 61.1 cm³/mol. The van der Waals surface area contributed by atoms with Gasteiger partial charge in [-0.15, -0.1) is 12.3 Å². The van der Waals surface area contributed by atoms with Crippen molar-refractivity contribution >= 4 is 0 Å². The fraction of sp³-hybridized carbons (Fsp3) is 0.833. The first-order valence-corrected chi connectivity index (χ1v) is 5.59. The molecule has 0 saturated carbocycles. The molecule has 0 amide bonds. The van der Waals surface area contributed by atoms with Crippen LogP contribution in [-0.4, -0.2) is 37.6 Å². The summed E-state index contributed by atoms with van der Waals surface area (Å²) in [6.07, 6.45) is 8.75. The van der Waals surface area contributed by atoms with Crippen molar-refractivity contribution in [1.29, 1.82) is 0 Å². The summed E-state index contributed by atoms with van der Waals surface area (Å²) in [4.78, 5) is 2.42. The van der Waals surface area contributed by atoms with Crippen LogP contribution < -0.4 is 5.32 Å². The summed E-state index contributed by atoms with van der Waals surface area (Å²) in [5.74, 6) is 3.46. The van der Waals surface area contributed by atoms with Gasteiger partial charge in [0.2, 0.25) is 0 Å². The molecule has 1 heterocycles. The number of nitrogens with one attached hydrogen (secondary N) is 1. The highest BCUT2D eigenvalue weighted by atomic mass is 15.1. The van der Waals surface area contributed by atoms with Gasteiger partial charge in [-0.2, -0.15) is 0 Å². The van der Waals surface area contributed by atoms with E-state index >= 15 is 0 Å². The van der Waals surface area contributed by atoms with Crippen LogP contribution in [0.1, 0.15) is 26.2 Å². The van der Waals surface area contributed by atoms with Crippen molar-refractivity contribution in [2.45, 2.75) is 32.2 Å². The van der Waals surface area contributed by atoms with Crippen LogP contribution in [0.15, 0.2) is 0 Å². The van der Waals surface area contributed by atoms with Crippen molar-refractivity contribution in [1.82, 2.24) is 10.2 Å². The topological polar surface area (TPSA) is 15.3 Å². The highest BCUT2D eigenvalue weighted by Gasteiger charge is 2.21. The number of piperidine rings is 1. The van der Waals surface area contributed by atoms with Crippen LogP contribution in [0, 0.1) is 18.3 Å². The highest BCUT2D eigenvalue weighted by molar-refractivity contribution is 4.86. The van der Waals surface area contributed by atoms with Crippen LogP contribution >= 0.6 is 0 Å². The molecule has 2 atom stereocenters. The lowest BCUT2D eigenvalue weighted by Gasteiger charge is -2.33. The molecule has 1 fully saturated rings. The van der Waals surface area contributed by atoms with E-state index in [1.165, 1.54) is 25.9 Å². The molecule has 0 radical (unpaired) electrons. The van der Waals surface area contributed by atoms with E-state index in [1.54, 1.807) is 0 Å². The number of rotatable bonds is 4. The smallest absolute Gasteiger partial charge is 0.0211 e. The van der Waals surface area contributed by atoms with E-state index in [1.807, 2.05) is 0 Å². The summed E-state index contributed by atoms with van der Waals surface area (Å²) in [6, 6.07) is 0.603. The largest absolute Gasteiger partial charge is 0.313 e. The van der Waals surface area contributed by atoms with Crippen molar-refractivity contribution in [2.24, 2.45) is 5.92 Å². The average Bonchev–Trinajstić information content (AvgIpc) is 2.18. The maximum atomic E-state index is 5.22. The average molecular weight is 194 g/mol. The van der Waals surface area contributed by atoms with E-state index in [4.69, 9.17) is 6.42 Å². The third kappa shape index (κ3) is 3.69. The number of terminal acetylenes is 1. The molecule has 0 spiro atoms. The lowest BCUT2D eigenvalue weighted by molar-refractivity contribution is 0.179. The Kier molecular flexibility index (Phi) is 5.00. The second kappa shape index (κ2) is 6.06. The van der Waals surface area contributed by atoms with Gasteiger partial charge in [0, 0.05) is 25.6 Å². The quantitative estimate of drug-likeness (QED) is 0.536. The monoisotopic (exact) mass is 194 g/mol. The summed E-state index contributed by atoms with van der Waals surface area (Å²) in [5.41, 5.74) is 0. The molecule has 0 bridgehead atoms. The Bertz CT molecular complexity index is 195. The van der Waals surface area contributed by atoms with Crippen LogP contribution in [0.25, 0.3) is 0 Å². The zero-order chi connectivity index (χ0) is 10.4. The molecule has 1 aliphatic heterocycles. The lowest BCUT2D eigenvalue weighted by Crippen LogP contribution is -2.43. The molecule has 80 valence electrons. The van der Waals surface area contributed by atoms with Gasteiger partial charge in [0.15, 0.2) is 0 Å². The Labute approximate surface area is 88.1 Å². The third-order valence-electron chi connectivity index (χ3n) is 3.10. The Morgan fingerprint density at radius 3 is 3.07 bits per heavy atom. The van der Waals surface area contributed by atoms with Crippen LogP contribution in [0.5, 0.6) is 0 Å². The SMILES string of the molecule is C#CCCNC(C)C1CCCN(C)C1. The zero-order valence-electron chi connectivity index (χ0n) is 9.42. The molecular formula is C12H22N2. The van der Waals surface area contributed by atoms with Gasteiger partial charge in [-0.05, 0) is 39.3 Å². The summed E-state index contributed by atoms with van der Waals surface area (Å²) >= 11 is 0. The zero-order valence-corrected chi connectivity index (χ0v) is 9.42. The molecule has 1 N–H and O–H groups in total. The van der Waals surface area contributed by atoms with Crippen LogP contribution in [0.4, 0.5) is 0 Å². The minimum absolute atomic E-state index is 0.603. The third-order valence-corrected chi connectivity index (χ3v) is 3.10. The first kappa shape index (κ1) is 11.6. The number of likely N-dealkylation sites (tertiary alicyclic amines) is 1.